The minimum atomic E-state index is -0.262. The third-order valence-electron chi connectivity index (χ3n) is 2.92. The maximum atomic E-state index is 12.2. The zero-order valence-electron chi connectivity index (χ0n) is 11.3. The molecule has 0 saturated carbocycles. The Balaban J connectivity index is 1.76. The molecule has 2 heterocycles. The number of carbonyl (C=O) groups is 1. The lowest BCUT2D eigenvalue weighted by atomic mass is 10.2. The van der Waals surface area contributed by atoms with Gasteiger partial charge in [-0.1, -0.05) is 6.07 Å². The van der Waals surface area contributed by atoms with Gasteiger partial charge in [0.05, 0.1) is 6.26 Å². The number of amides is 1. The smallest absolute Gasteiger partial charge is 0.276 e. The molecule has 0 radical (unpaired) electrons. The van der Waals surface area contributed by atoms with Crippen molar-refractivity contribution in [3.8, 4) is 11.5 Å². The molecule has 5 nitrogen and oxygen atoms in total. The van der Waals surface area contributed by atoms with Crippen molar-refractivity contribution in [1.82, 2.24) is 10.2 Å². The summed E-state index contributed by atoms with van der Waals surface area (Å²) < 4.78 is 5.26. The number of aromatic nitrogens is 2. The number of anilines is 1. The molecule has 1 aromatic carbocycles. The van der Waals surface area contributed by atoms with Crippen LogP contribution in [0.2, 0.25) is 0 Å². The fourth-order valence-electron chi connectivity index (χ4n) is 1.89. The third-order valence-corrected chi connectivity index (χ3v) is 3.65. The molecule has 3 aromatic rings. The maximum Gasteiger partial charge on any atom is 0.276 e. The molecule has 0 unspecified atom stereocenters. The van der Waals surface area contributed by atoms with Crippen LogP contribution in [0.25, 0.3) is 11.5 Å². The lowest BCUT2D eigenvalue weighted by Gasteiger charge is -2.04. The summed E-state index contributed by atoms with van der Waals surface area (Å²) in [5.41, 5.74) is 1.73. The zero-order chi connectivity index (χ0) is 14.7. The Morgan fingerprint density at radius 2 is 2.19 bits per heavy atom. The third kappa shape index (κ3) is 3.00. The van der Waals surface area contributed by atoms with E-state index in [1.807, 2.05) is 30.5 Å². The van der Waals surface area contributed by atoms with Crippen LogP contribution in [0.5, 0.6) is 0 Å². The van der Waals surface area contributed by atoms with E-state index in [0.717, 1.165) is 10.6 Å². The van der Waals surface area contributed by atoms with E-state index < -0.39 is 0 Å². The fourth-order valence-corrected chi connectivity index (χ4v) is 2.35. The highest BCUT2D eigenvalue weighted by atomic mass is 32.2. The lowest BCUT2D eigenvalue weighted by Crippen LogP contribution is -2.12. The van der Waals surface area contributed by atoms with Crippen LogP contribution in [-0.4, -0.2) is 22.4 Å². The van der Waals surface area contributed by atoms with Gasteiger partial charge in [0.1, 0.15) is 5.69 Å². The van der Waals surface area contributed by atoms with Crippen molar-refractivity contribution in [2.24, 2.45) is 0 Å². The molecule has 0 saturated heterocycles. The number of benzene rings is 1. The predicted octanol–water partition coefficient (Wildman–Crippen LogP) is 3.64. The summed E-state index contributed by atoms with van der Waals surface area (Å²) in [4.78, 5) is 13.3. The van der Waals surface area contributed by atoms with Gasteiger partial charge in [-0.15, -0.1) is 11.8 Å². The number of hydrogen-bond acceptors (Lipinski definition) is 4. The minimum Gasteiger partial charge on any atom is -0.463 e. The van der Waals surface area contributed by atoms with Gasteiger partial charge in [-0.3, -0.25) is 9.89 Å². The summed E-state index contributed by atoms with van der Waals surface area (Å²) in [5, 5.41) is 9.62. The number of thioether (sulfide) groups is 1. The Hall–Kier alpha value is -2.47. The highest BCUT2D eigenvalue weighted by Gasteiger charge is 2.13. The van der Waals surface area contributed by atoms with Crippen molar-refractivity contribution in [3.05, 3.63) is 54.4 Å². The van der Waals surface area contributed by atoms with Gasteiger partial charge in [0.15, 0.2) is 11.5 Å². The minimum absolute atomic E-state index is 0.262. The first-order chi connectivity index (χ1) is 10.3. The van der Waals surface area contributed by atoms with Crippen molar-refractivity contribution >= 4 is 23.4 Å². The second-order valence-corrected chi connectivity index (χ2v) is 5.21. The van der Waals surface area contributed by atoms with Crippen LogP contribution in [-0.2, 0) is 0 Å². The molecular formula is C15H13N3O2S. The summed E-state index contributed by atoms with van der Waals surface area (Å²) in [6.45, 7) is 0. The second-order valence-electron chi connectivity index (χ2n) is 4.33. The predicted molar refractivity (Wildman–Crippen MR) is 82.5 cm³/mol. The van der Waals surface area contributed by atoms with Gasteiger partial charge in [-0.25, -0.2) is 0 Å². The molecule has 0 spiro atoms. The molecule has 0 aliphatic rings. The van der Waals surface area contributed by atoms with Crippen LogP contribution in [0.1, 0.15) is 10.5 Å². The summed E-state index contributed by atoms with van der Waals surface area (Å²) in [6, 6.07) is 12.9. The number of furan rings is 1. The topological polar surface area (TPSA) is 70.9 Å². The van der Waals surface area contributed by atoms with Crippen molar-refractivity contribution in [2.45, 2.75) is 4.90 Å². The molecule has 0 aliphatic heterocycles. The molecule has 2 N–H and O–H groups in total. The van der Waals surface area contributed by atoms with E-state index in [-0.39, 0.29) is 5.91 Å². The molecule has 0 bridgehead atoms. The summed E-state index contributed by atoms with van der Waals surface area (Å²) in [6.07, 6.45) is 3.56. The molecule has 0 atom stereocenters. The Morgan fingerprint density at radius 1 is 1.29 bits per heavy atom. The average Bonchev–Trinajstić information content (AvgIpc) is 3.18. The second kappa shape index (κ2) is 5.88. The van der Waals surface area contributed by atoms with E-state index in [9.17, 15) is 4.79 Å². The molecular weight excluding hydrogens is 286 g/mol. The number of hydrogen-bond donors (Lipinski definition) is 2. The average molecular weight is 299 g/mol. The monoisotopic (exact) mass is 299 g/mol. The molecule has 0 fully saturated rings. The summed E-state index contributed by atoms with van der Waals surface area (Å²) in [7, 11) is 0. The summed E-state index contributed by atoms with van der Waals surface area (Å²) >= 11 is 1.62. The number of H-pyrrole nitrogens is 1. The first-order valence-corrected chi connectivity index (χ1v) is 7.53. The van der Waals surface area contributed by atoms with Crippen LogP contribution >= 0.6 is 11.8 Å². The van der Waals surface area contributed by atoms with Gasteiger partial charge in [0.2, 0.25) is 0 Å². The number of rotatable bonds is 4. The molecule has 2 aromatic heterocycles. The van der Waals surface area contributed by atoms with E-state index in [1.165, 1.54) is 0 Å². The van der Waals surface area contributed by atoms with E-state index in [1.54, 1.807) is 36.2 Å². The molecule has 21 heavy (non-hydrogen) atoms. The Morgan fingerprint density at radius 3 is 2.95 bits per heavy atom. The van der Waals surface area contributed by atoms with Gasteiger partial charge in [0.25, 0.3) is 5.91 Å². The standard InChI is InChI=1S/C15H13N3O2S/c1-21-11-5-2-4-10(8-11)16-15(19)13-9-12(17-18-13)14-6-3-7-20-14/h2-9H,1H3,(H,16,19)(H,17,18). The quantitative estimate of drug-likeness (QED) is 0.721. The van der Waals surface area contributed by atoms with E-state index in [0.29, 0.717) is 17.1 Å². The number of nitrogens with one attached hydrogen (secondary N) is 2. The Labute approximate surface area is 125 Å². The Bertz CT molecular complexity index is 750. The molecule has 0 aliphatic carbocycles. The highest BCUT2D eigenvalue weighted by Crippen LogP contribution is 2.21. The van der Waals surface area contributed by atoms with Crippen molar-refractivity contribution in [3.63, 3.8) is 0 Å². The van der Waals surface area contributed by atoms with Crippen LogP contribution in [0.4, 0.5) is 5.69 Å². The number of aromatic amines is 1. The first-order valence-electron chi connectivity index (χ1n) is 6.31. The van der Waals surface area contributed by atoms with Crippen LogP contribution in [0.15, 0.2) is 58.0 Å². The molecule has 3 rings (SSSR count). The molecule has 6 heteroatoms. The van der Waals surface area contributed by atoms with E-state index in [4.69, 9.17) is 4.42 Å². The van der Waals surface area contributed by atoms with E-state index >= 15 is 0 Å². The van der Waals surface area contributed by atoms with Crippen LogP contribution in [0, 0.1) is 0 Å². The first kappa shape index (κ1) is 13.5. The van der Waals surface area contributed by atoms with Crippen molar-refractivity contribution in [2.75, 3.05) is 11.6 Å². The Kier molecular flexibility index (Phi) is 3.79. The van der Waals surface area contributed by atoms with Crippen LogP contribution < -0.4 is 5.32 Å². The van der Waals surface area contributed by atoms with Crippen molar-refractivity contribution < 1.29 is 9.21 Å². The molecule has 106 valence electrons. The number of carbonyl (C=O) groups excluding carboxylic acids is 1. The summed E-state index contributed by atoms with van der Waals surface area (Å²) in [5.74, 6) is 0.383. The van der Waals surface area contributed by atoms with Crippen molar-refractivity contribution in [1.29, 1.82) is 0 Å². The van der Waals surface area contributed by atoms with E-state index in [2.05, 4.69) is 15.5 Å². The van der Waals surface area contributed by atoms with Gasteiger partial charge in [0, 0.05) is 16.6 Å². The highest BCUT2D eigenvalue weighted by molar-refractivity contribution is 7.98. The zero-order valence-corrected chi connectivity index (χ0v) is 12.1. The molecule has 1 amide bonds. The number of nitrogens with zero attached hydrogens (tertiary/aromatic N) is 1. The van der Waals surface area contributed by atoms with Gasteiger partial charge in [-0.05, 0) is 36.6 Å². The normalized spacial score (nSPS) is 10.5. The fraction of sp³-hybridized carbons (Fsp3) is 0.0667. The largest absolute Gasteiger partial charge is 0.463 e. The SMILES string of the molecule is CSc1cccc(NC(=O)c2cc(-c3ccco3)[nH]n2)c1. The van der Waals surface area contributed by atoms with Gasteiger partial charge >= 0.3 is 0 Å². The lowest BCUT2D eigenvalue weighted by molar-refractivity contribution is 0.102. The van der Waals surface area contributed by atoms with Gasteiger partial charge in [-0.2, -0.15) is 5.10 Å². The van der Waals surface area contributed by atoms with Crippen LogP contribution in [0.3, 0.4) is 0 Å². The maximum absolute atomic E-state index is 12.2. The van der Waals surface area contributed by atoms with Gasteiger partial charge < -0.3 is 9.73 Å².